The van der Waals surface area contributed by atoms with Crippen LogP contribution in [0.25, 0.3) is 0 Å². The predicted molar refractivity (Wildman–Crippen MR) is 64.9 cm³/mol. The van der Waals surface area contributed by atoms with Crippen LogP contribution < -0.4 is 0 Å². The van der Waals surface area contributed by atoms with Crippen LogP contribution in [0.3, 0.4) is 0 Å². The molecule has 15 heavy (non-hydrogen) atoms. The highest BCUT2D eigenvalue weighted by atomic mass is 79.9. The maximum absolute atomic E-state index is 8.92. The molecule has 0 unspecified atom stereocenters. The van der Waals surface area contributed by atoms with Gasteiger partial charge in [0.05, 0.1) is 6.61 Å². The van der Waals surface area contributed by atoms with E-state index >= 15 is 0 Å². The summed E-state index contributed by atoms with van der Waals surface area (Å²) in [5.74, 6) is 0. The first-order valence-corrected chi connectivity index (χ1v) is 6.11. The molecule has 2 nitrogen and oxygen atoms in total. The van der Waals surface area contributed by atoms with Crippen LogP contribution in [0, 0.1) is 6.92 Å². The van der Waals surface area contributed by atoms with E-state index in [1.54, 1.807) is 0 Å². The van der Waals surface area contributed by atoms with Gasteiger partial charge in [-0.2, -0.15) is 0 Å². The highest BCUT2D eigenvalue weighted by Gasteiger charge is 2.17. The van der Waals surface area contributed by atoms with Crippen LogP contribution in [0.15, 0.2) is 16.6 Å². The molecule has 1 aromatic rings. The van der Waals surface area contributed by atoms with Crippen molar-refractivity contribution in [1.82, 2.24) is 4.90 Å². The summed E-state index contributed by atoms with van der Waals surface area (Å²) in [5.41, 5.74) is 4.27. The van der Waals surface area contributed by atoms with Crippen LogP contribution in [0.1, 0.15) is 16.7 Å². The zero-order chi connectivity index (χ0) is 10.8. The number of nitrogens with zero attached hydrogens (tertiary/aromatic N) is 1. The fraction of sp³-hybridized carbons (Fsp3) is 0.500. The maximum Gasteiger partial charge on any atom is 0.0558 e. The van der Waals surface area contributed by atoms with Crippen LogP contribution in [0.4, 0.5) is 0 Å². The normalized spacial score (nSPS) is 16.5. The lowest BCUT2D eigenvalue weighted by atomic mass is 9.95. The van der Waals surface area contributed by atoms with Crippen molar-refractivity contribution in [3.05, 3.63) is 33.3 Å². The number of aliphatic hydroxyl groups is 1. The van der Waals surface area contributed by atoms with E-state index in [1.165, 1.54) is 16.7 Å². The van der Waals surface area contributed by atoms with Crippen LogP contribution in [-0.4, -0.2) is 29.7 Å². The van der Waals surface area contributed by atoms with Gasteiger partial charge in [-0.15, -0.1) is 0 Å². The molecule has 0 amide bonds. The van der Waals surface area contributed by atoms with Gasteiger partial charge in [-0.1, -0.05) is 15.9 Å². The van der Waals surface area contributed by atoms with E-state index in [2.05, 4.69) is 39.9 Å². The van der Waals surface area contributed by atoms with E-state index < -0.39 is 0 Å². The summed E-state index contributed by atoms with van der Waals surface area (Å²) in [6.07, 6.45) is 1.11. The Balaban J connectivity index is 2.25. The maximum atomic E-state index is 8.92. The summed E-state index contributed by atoms with van der Waals surface area (Å²) in [5, 5.41) is 8.92. The second kappa shape index (κ2) is 4.64. The summed E-state index contributed by atoms with van der Waals surface area (Å²) in [4.78, 5) is 2.30. The third-order valence-electron chi connectivity index (χ3n) is 3.02. The first kappa shape index (κ1) is 11.1. The SMILES string of the molecule is Cc1cc(Br)cc2c1CCN(CCO)C2. The Labute approximate surface area is 99.0 Å². The first-order valence-electron chi connectivity index (χ1n) is 5.32. The summed E-state index contributed by atoms with van der Waals surface area (Å²) in [7, 11) is 0. The number of halogens is 1. The molecule has 1 heterocycles. The van der Waals surface area contributed by atoms with Crippen molar-refractivity contribution in [2.45, 2.75) is 19.9 Å². The number of benzene rings is 1. The summed E-state index contributed by atoms with van der Waals surface area (Å²) >= 11 is 3.53. The molecule has 3 heteroatoms. The predicted octanol–water partition coefficient (Wildman–Crippen LogP) is 2.11. The fourth-order valence-corrected chi connectivity index (χ4v) is 2.88. The quantitative estimate of drug-likeness (QED) is 0.889. The summed E-state index contributed by atoms with van der Waals surface area (Å²) in [6, 6.07) is 4.38. The van der Waals surface area contributed by atoms with Gasteiger partial charge in [0.2, 0.25) is 0 Å². The molecular formula is C12H16BrNO. The zero-order valence-electron chi connectivity index (χ0n) is 8.96. The van der Waals surface area contributed by atoms with Crippen molar-refractivity contribution in [2.75, 3.05) is 19.7 Å². The third-order valence-corrected chi connectivity index (χ3v) is 3.48. The van der Waals surface area contributed by atoms with Crippen molar-refractivity contribution >= 4 is 15.9 Å². The number of hydrogen-bond acceptors (Lipinski definition) is 2. The number of β-amino-alcohol motifs (C(OH)–C–C–N with tert-alkyl or cyclic N) is 1. The second-order valence-corrected chi connectivity index (χ2v) is 5.03. The molecule has 0 saturated heterocycles. The molecule has 1 aliphatic rings. The molecule has 2 rings (SSSR count). The molecule has 82 valence electrons. The molecule has 0 saturated carbocycles. The first-order chi connectivity index (χ1) is 7.20. The van der Waals surface area contributed by atoms with Gasteiger partial charge in [0, 0.05) is 24.1 Å². The van der Waals surface area contributed by atoms with Gasteiger partial charge in [-0.05, 0) is 42.2 Å². The number of fused-ring (bicyclic) bond motifs is 1. The molecular weight excluding hydrogens is 254 g/mol. The Kier molecular flexibility index (Phi) is 3.44. The van der Waals surface area contributed by atoms with E-state index in [-0.39, 0.29) is 6.61 Å². The van der Waals surface area contributed by atoms with Crippen molar-refractivity contribution in [1.29, 1.82) is 0 Å². The molecule has 0 radical (unpaired) electrons. The molecule has 1 aromatic carbocycles. The molecule has 1 N–H and O–H groups in total. The third kappa shape index (κ3) is 2.41. The van der Waals surface area contributed by atoms with Crippen molar-refractivity contribution < 1.29 is 5.11 Å². The standard InChI is InChI=1S/C12H16BrNO/c1-9-6-11(13)7-10-8-14(4-5-15)3-2-12(9)10/h6-7,15H,2-5,8H2,1H3. The largest absolute Gasteiger partial charge is 0.395 e. The molecule has 0 aliphatic carbocycles. The molecule has 0 aromatic heterocycles. The van der Waals surface area contributed by atoms with Gasteiger partial charge in [-0.3, -0.25) is 4.90 Å². The minimum absolute atomic E-state index is 0.252. The topological polar surface area (TPSA) is 23.5 Å². The Bertz CT molecular complexity index is 365. The van der Waals surface area contributed by atoms with E-state index in [0.717, 1.165) is 30.5 Å². The average molecular weight is 270 g/mol. The molecule has 0 spiro atoms. The highest BCUT2D eigenvalue weighted by Crippen LogP contribution is 2.26. The van der Waals surface area contributed by atoms with Gasteiger partial charge in [0.1, 0.15) is 0 Å². The van der Waals surface area contributed by atoms with Crippen LogP contribution >= 0.6 is 15.9 Å². The Morgan fingerprint density at radius 2 is 2.27 bits per heavy atom. The number of rotatable bonds is 2. The lowest BCUT2D eigenvalue weighted by Crippen LogP contribution is -2.33. The van der Waals surface area contributed by atoms with E-state index in [9.17, 15) is 0 Å². The Morgan fingerprint density at radius 1 is 1.47 bits per heavy atom. The van der Waals surface area contributed by atoms with Crippen molar-refractivity contribution in [2.24, 2.45) is 0 Å². The minimum Gasteiger partial charge on any atom is -0.395 e. The van der Waals surface area contributed by atoms with Crippen LogP contribution in [0.5, 0.6) is 0 Å². The van der Waals surface area contributed by atoms with E-state index in [1.807, 2.05) is 0 Å². The zero-order valence-corrected chi connectivity index (χ0v) is 10.5. The van der Waals surface area contributed by atoms with Gasteiger partial charge >= 0.3 is 0 Å². The molecule has 0 atom stereocenters. The van der Waals surface area contributed by atoms with Gasteiger partial charge < -0.3 is 5.11 Å². The molecule has 0 bridgehead atoms. The minimum atomic E-state index is 0.252. The van der Waals surface area contributed by atoms with Gasteiger partial charge in [0.15, 0.2) is 0 Å². The number of hydrogen-bond donors (Lipinski definition) is 1. The Morgan fingerprint density at radius 3 is 3.00 bits per heavy atom. The van der Waals surface area contributed by atoms with E-state index in [4.69, 9.17) is 5.11 Å². The highest BCUT2D eigenvalue weighted by molar-refractivity contribution is 9.10. The molecule has 1 aliphatic heterocycles. The second-order valence-electron chi connectivity index (χ2n) is 4.11. The van der Waals surface area contributed by atoms with Gasteiger partial charge in [-0.25, -0.2) is 0 Å². The monoisotopic (exact) mass is 269 g/mol. The Hall–Kier alpha value is -0.380. The fourth-order valence-electron chi connectivity index (χ4n) is 2.26. The number of aryl methyl sites for hydroxylation is 1. The lowest BCUT2D eigenvalue weighted by molar-refractivity contribution is 0.184. The average Bonchev–Trinajstić information content (AvgIpc) is 2.17. The lowest BCUT2D eigenvalue weighted by Gasteiger charge is -2.29. The van der Waals surface area contributed by atoms with Crippen LogP contribution in [0.2, 0.25) is 0 Å². The van der Waals surface area contributed by atoms with Gasteiger partial charge in [0.25, 0.3) is 0 Å². The van der Waals surface area contributed by atoms with E-state index in [0.29, 0.717) is 0 Å². The molecule has 0 fully saturated rings. The smallest absolute Gasteiger partial charge is 0.0558 e. The van der Waals surface area contributed by atoms with Crippen LogP contribution in [-0.2, 0) is 13.0 Å². The van der Waals surface area contributed by atoms with Crippen molar-refractivity contribution in [3.63, 3.8) is 0 Å². The summed E-state index contributed by atoms with van der Waals surface area (Å²) in [6.45, 7) is 5.24. The number of aliphatic hydroxyl groups excluding tert-OH is 1. The summed E-state index contributed by atoms with van der Waals surface area (Å²) < 4.78 is 1.16. The van der Waals surface area contributed by atoms with Crippen molar-refractivity contribution in [3.8, 4) is 0 Å².